The number of aryl methyl sites for hydroxylation is 4. The molecule has 3 aromatic carbocycles. The third-order valence-electron chi connectivity index (χ3n) is 6.48. The van der Waals surface area contributed by atoms with E-state index in [9.17, 15) is 0 Å². The fourth-order valence-corrected chi connectivity index (χ4v) is 5.05. The summed E-state index contributed by atoms with van der Waals surface area (Å²) < 4.78 is 4.44. The van der Waals surface area contributed by atoms with Crippen LogP contribution in [0, 0.1) is 33.8 Å². The summed E-state index contributed by atoms with van der Waals surface area (Å²) in [5.41, 5.74) is 11.4. The molecule has 0 aliphatic heterocycles. The smallest absolute Gasteiger partial charge is 0.203 e. The summed E-state index contributed by atoms with van der Waals surface area (Å²) in [5.74, 6) is 0.861. The van der Waals surface area contributed by atoms with E-state index in [1.807, 2.05) is 24.5 Å². The van der Waals surface area contributed by atoms with Crippen LogP contribution in [0.1, 0.15) is 22.3 Å². The minimum absolute atomic E-state index is 0. The van der Waals surface area contributed by atoms with Crippen LogP contribution in [-0.4, -0.2) is 18.8 Å². The Kier molecular flexibility index (Phi) is 5.19. The number of imidazole rings is 2. The zero-order chi connectivity index (χ0) is 22.0. The van der Waals surface area contributed by atoms with Gasteiger partial charge in [-0.1, -0.05) is 41.8 Å². The molecule has 33 heavy (non-hydrogen) atoms. The fraction of sp³-hybridized carbons (Fsp3) is 0.143. The van der Waals surface area contributed by atoms with Gasteiger partial charge in [0.2, 0.25) is 5.78 Å². The molecule has 5 heteroatoms. The van der Waals surface area contributed by atoms with E-state index in [4.69, 9.17) is 9.97 Å². The van der Waals surface area contributed by atoms with Crippen LogP contribution in [0.3, 0.4) is 0 Å². The molecule has 0 saturated carbocycles. The number of benzene rings is 3. The third kappa shape index (κ3) is 3.07. The predicted molar refractivity (Wildman–Crippen MR) is 130 cm³/mol. The second-order valence-corrected chi connectivity index (χ2v) is 8.55. The second kappa shape index (κ2) is 7.95. The van der Waals surface area contributed by atoms with Crippen molar-refractivity contribution in [3.05, 3.63) is 95.3 Å². The third-order valence-corrected chi connectivity index (χ3v) is 6.48. The van der Waals surface area contributed by atoms with Crippen molar-refractivity contribution in [1.82, 2.24) is 18.8 Å². The van der Waals surface area contributed by atoms with Gasteiger partial charge in [0.05, 0.1) is 23.2 Å². The van der Waals surface area contributed by atoms with Crippen LogP contribution in [0.15, 0.2) is 67.0 Å². The van der Waals surface area contributed by atoms with Crippen molar-refractivity contribution in [3.63, 3.8) is 0 Å². The number of nitrogens with zero attached hydrogens (tertiary/aromatic N) is 4. The van der Waals surface area contributed by atoms with Gasteiger partial charge in [-0.2, -0.15) is 0 Å². The van der Waals surface area contributed by atoms with Gasteiger partial charge >= 0.3 is 0 Å². The van der Waals surface area contributed by atoms with E-state index in [-0.39, 0.29) is 20.1 Å². The van der Waals surface area contributed by atoms with Crippen molar-refractivity contribution in [2.24, 2.45) is 0 Å². The Bertz CT molecular complexity index is 1630. The van der Waals surface area contributed by atoms with Crippen LogP contribution in [-0.2, 0) is 20.1 Å². The topological polar surface area (TPSA) is 34.6 Å². The van der Waals surface area contributed by atoms with Crippen molar-refractivity contribution in [3.8, 4) is 22.5 Å². The second-order valence-electron chi connectivity index (χ2n) is 8.55. The van der Waals surface area contributed by atoms with Crippen LogP contribution in [0.4, 0.5) is 0 Å². The molecule has 0 spiro atoms. The number of hydrogen-bond donors (Lipinski definition) is 0. The normalized spacial score (nSPS) is 11.4. The average Bonchev–Trinajstić information content (AvgIpc) is 3.39. The van der Waals surface area contributed by atoms with E-state index in [1.54, 1.807) is 0 Å². The maximum absolute atomic E-state index is 4.95. The number of aromatic nitrogens is 4. The molecule has 6 rings (SSSR count). The molecule has 0 N–H and O–H groups in total. The van der Waals surface area contributed by atoms with Crippen LogP contribution in [0.5, 0.6) is 0 Å². The quantitative estimate of drug-likeness (QED) is 0.211. The Morgan fingerprint density at radius 3 is 1.82 bits per heavy atom. The summed E-state index contributed by atoms with van der Waals surface area (Å²) in [5, 5.41) is 0.989. The van der Waals surface area contributed by atoms with Crippen LogP contribution in [0.2, 0.25) is 0 Å². The summed E-state index contributed by atoms with van der Waals surface area (Å²) in [7, 11) is 0. The maximum Gasteiger partial charge on any atom is 0.203 e. The van der Waals surface area contributed by atoms with Gasteiger partial charge in [-0.05, 0) is 55.5 Å². The van der Waals surface area contributed by atoms with Gasteiger partial charge in [0.25, 0.3) is 0 Å². The summed E-state index contributed by atoms with van der Waals surface area (Å²) in [6.45, 7) is 8.63. The van der Waals surface area contributed by atoms with Gasteiger partial charge in [-0.15, -0.1) is 24.3 Å². The van der Waals surface area contributed by atoms with E-state index in [1.165, 1.54) is 33.4 Å². The van der Waals surface area contributed by atoms with Crippen molar-refractivity contribution < 1.29 is 20.1 Å². The Labute approximate surface area is 206 Å². The molecule has 0 aliphatic carbocycles. The van der Waals surface area contributed by atoms with E-state index in [0.717, 1.165) is 33.7 Å². The summed E-state index contributed by atoms with van der Waals surface area (Å²) in [6, 6.07) is 22.4. The van der Waals surface area contributed by atoms with Crippen LogP contribution in [0.25, 0.3) is 44.8 Å². The first-order valence-corrected chi connectivity index (χ1v) is 10.9. The Morgan fingerprint density at radius 2 is 1.21 bits per heavy atom. The number of rotatable bonds is 2. The molecule has 3 aromatic heterocycles. The van der Waals surface area contributed by atoms with Crippen molar-refractivity contribution in [1.29, 1.82) is 0 Å². The molecule has 0 aliphatic rings. The molecular formula is C28H23IrN4-. The van der Waals surface area contributed by atoms with Gasteiger partial charge in [0.15, 0.2) is 0 Å². The van der Waals surface area contributed by atoms with Gasteiger partial charge in [0, 0.05) is 37.4 Å². The molecule has 0 unspecified atom stereocenters. The molecule has 0 saturated heterocycles. The average molecular weight is 608 g/mol. The van der Waals surface area contributed by atoms with Gasteiger partial charge in [-0.25, -0.2) is 4.98 Å². The summed E-state index contributed by atoms with van der Waals surface area (Å²) in [4.78, 5) is 9.80. The molecule has 0 fully saturated rings. The zero-order valence-electron chi connectivity index (χ0n) is 19.0. The Morgan fingerprint density at radius 1 is 0.667 bits per heavy atom. The summed E-state index contributed by atoms with van der Waals surface area (Å²) in [6.07, 6.45) is 3.96. The maximum atomic E-state index is 4.95. The number of fused-ring (bicyclic) bond motifs is 6. The first kappa shape index (κ1) is 21.6. The van der Waals surface area contributed by atoms with Crippen molar-refractivity contribution in [2.75, 3.05) is 0 Å². The molecule has 0 bridgehead atoms. The van der Waals surface area contributed by atoms with E-state index in [2.05, 4.69) is 85.0 Å². The predicted octanol–water partition coefficient (Wildman–Crippen LogP) is 6.50. The fourth-order valence-electron chi connectivity index (χ4n) is 5.05. The molecule has 4 nitrogen and oxygen atoms in total. The van der Waals surface area contributed by atoms with E-state index >= 15 is 0 Å². The van der Waals surface area contributed by atoms with Crippen LogP contribution < -0.4 is 0 Å². The Hall–Kier alpha value is -3.27. The van der Waals surface area contributed by atoms with Gasteiger partial charge < -0.3 is 8.80 Å². The zero-order valence-corrected chi connectivity index (χ0v) is 21.4. The van der Waals surface area contributed by atoms with Crippen molar-refractivity contribution in [2.45, 2.75) is 27.7 Å². The molecule has 165 valence electrons. The molecule has 6 aromatic rings. The molecule has 0 atom stereocenters. The molecular weight excluding hydrogens is 585 g/mol. The first-order chi connectivity index (χ1) is 15.6. The molecule has 3 heterocycles. The van der Waals surface area contributed by atoms with E-state index in [0.29, 0.717) is 0 Å². The first-order valence-electron chi connectivity index (χ1n) is 10.9. The monoisotopic (exact) mass is 608 g/mol. The minimum Gasteiger partial charge on any atom is -0.320 e. The van der Waals surface area contributed by atoms with E-state index < -0.39 is 0 Å². The largest absolute Gasteiger partial charge is 0.320 e. The standard InChI is InChI=1S/C28H23N4.Ir/c1-17-9-7-10-18(2)25(17)23-16-30-28-31(23)22-14-6-5-13-21(22)27-29-15-24(32(27)28)26-19(3)11-8-12-20(26)4;/h5-12,14-16H,1-4H3;/q-1;. The summed E-state index contributed by atoms with van der Waals surface area (Å²) >= 11 is 0. The SMILES string of the molecule is Cc1cccc(C)c1-c1cnc2n1c1ccc[c-]c1c1ncc(-c3c(C)cccc3C)n12.[Ir]. The Balaban J connectivity index is 0.00000228. The molecule has 0 amide bonds. The molecule has 1 radical (unpaired) electrons. The minimum atomic E-state index is 0. The van der Waals surface area contributed by atoms with Crippen molar-refractivity contribution >= 4 is 22.3 Å². The van der Waals surface area contributed by atoms with Gasteiger partial charge in [0.1, 0.15) is 0 Å². The van der Waals surface area contributed by atoms with Crippen LogP contribution >= 0.6 is 0 Å². The number of hydrogen-bond acceptors (Lipinski definition) is 2. The van der Waals surface area contributed by atoms with Gasteiger partial charge in [-0.3, -0.25) is 4.98 Å².